The Labute approximate surface area is 263 Å². The first kappa shape index (κ1) is 31.8. The Bertz CT molecular complexity index is 1420. The van der Waals surface area contributed by atoms with Crippen molar-refractivity contribution in [1.82, 2.24) is 9.80 Å². The summed E-state index contributed by atoms with van der Waals surface area (Å²) in [6.07, 6.45) is -4.44. The molecule has 0 amide bonds. The standard InChI is InChI=1S/C31H32Cl2F3N3O3S/c1-21(42-29-23(32)6-4-7-24(29)33)30(40)41-19-18-38-16-14-37(15-17-38)12-5-13-39-25-8-2-3-9-27(25)43-28-11-10-22(20-26(28)39)31(34,35)36/h2-4,6-11,20-21H,5,12-19H2,1H3. The fourth-order valence-corrected chi connectivity index (χ4v) is 6.71. The molecule has 1 unspecified atom stereocenters. The lowest BCUT2D eigenvalue weighted by Crippen LogP contribution is -2.48. The van der Waals surface area contributed by atoms with Crippen LogP contribution in [0.5, 0.6) is 5.75 Å². The fourth-order valence-electron chi connectivity index (χ4n) is 5.15. The molecule has 2 heterocycles. The van der Waals surface area contributed by atoms with Crippen molar-refractivity contribution in [2.45, 2.75) is 35.4 Å². The number of anilines is 2. The molecular formula is C31H32Cl2F3N3O3S. The van der Waals surface area contributed by atoms with Gasteiger partial charge in [0.1, 0.15) is 6.61 Å². The van der Waals surface area contributed by atoms with Gasteiger partial charge in [0.05, 0.1) is 27.0 Å². The second-order valence-electron chi connectivity index (χ2n) is 10.4. The number of fused-ring (bicyclic) bond motifs is 2. The lowest BCUT2D eigenvalue weighted by atomic mass is 10.1. The van der Waals surface area contributed by atoms with Crippen LogP contribution in [0.2, 0.25) is 10.0 Å². The van der Waals surface area contributed by atoms with E-state index in [-0.39, 0.29) is 12.4 Å². The molecule has 0 N–H and O–H groups in total. The Kier molecular flexibility index (Phi) is 10.3. The van der Waals surface area contributed by atoms with Gasteiger partial charge in [-0.3, -0.25) is 4.90 Å². The first-order valence-corrected chi connectivity index (χ1v) is 15.6. The highest BCUT2D eigenvalue weighted by Gasteiger charge is 2.33. The molecule has 5 rings (SSSR count). The Morgan fingerprint density at radius 3 is 2.23 bits per heavy atom. The smallest absolute Gasteiger partial charge is 0.416 e. The van der Waals surface area contributed by atoms with Crippen LogP contribution in [-0.4, -0.2) is 74.3 Å². The fraction of sp³-hybridized carbons (Fsp3) is 0.387. The zero-order chi connectivity index (χ0) is 30.6. The third kappa shape index (κ3) is 7.91. The number of hydrogen-bond acceptors (Lipinski definition) is 7. The molecule has 43 heavy (non-hydrogen) atoms. The van der Waals surface area contributed by atoms with Gasteiger partial charge in [-0.25, -0.2) is 4.79 Å². The SMILES string of the molecule is CC(Oc1c(Cl)cccc1Cl)C(=O)OCCN1CCN(CCCN2c3ccccc3Sc3ccc(C(F)(F)F)cc32)CC1. The number of hydrogen-bond donors (Lipinski definition) is 0. The first-order chi connectivity index (χ1) is 20.6. The number of piperazine rings is 1. The van der Waals surface area contributed by atoms with Crippen LogP contribution in [0.25, 0.3) is 0 Å². The first-order valence-electron chi connectivity index (χ1n) is 14.1. The lowest BCUT2D eigenvalue weighted by molar-refractivity contribution is -0.151. The molecule has 2 aliphatic heterocycles. The average Bonchev–Trinajstić information content (AvgIpc) is 2.98. The van der Waals surface area contributed by atoms with E-state index in [1.165, 1.54) is 17.8 Å². The topological polar surface area (TPSA) is 45.3 Å². The second kappa shape index (κ2) is 14.0. The number of nitrogens with zero attached hydrogens (tertiary/aromatic N) is 3. The monoisotopic (exact) mass is 653 g/mol. The molecule has 2 aliphatic rings. The normalized spacial score (nSPS) is 16.4. The van der Waals surface area contributed by atoms with Gasteiger partial charge in [-0.05, 0) is 62.4 Å². The van der Waals surface area contributed by atoms with Crippen molar-refractivity contribution >= 4 is 52.3 Å². The number of alkyl halides is 3. The summed E-state index contributed by atoms with van der Waals surface area (Å²) in [6, 6.07) is 16.8. The third-order valence-electron chi connectivity index (χ3n) is 7.47. The van der Waals surface area contributed by atoms with Crippen molar-refractivity contribution in [3.63, 3.8) is 0 Å². The van der Waals surface area contributed by atoms with Gasteiger partial charge in [-0.15, -0.1) is 0 Å². The van der Waals surface area contributed by atoms with Crippen molar-refractivity contribution in [1.29, 1.82) is 0 Å². The van der Waals surface area contributed by atoms with Crippen LogP contribution in [0.4, 0.5) is 24.5 Å². The van der Waals surface area contributed by atoms with Crippen LogP contribution in [-0.2, 0) is 15.7 Å². The maximum Gasteiger partial charge on any atom is 0.416 e. The van der Waals surface area contributed by atoms with E-state index in [0.29, 0.717) is 28.8 Å². The van der Waals surface area contributed by atoms with Gasteiger partial charge < -0.3 is 19.3 Å². The maximum absolute atomic E-state index is 13.5. The molecular weight excluding hydrogens is 622 g/mol. The molecule has 3 aromatic rings. The Hall–Kier alpha value is -2.63. The summed E-state index contributed by atoms with van der Waals surface area (Å²) in [4.78, 5) is 20.9. The van der Waals surface area contributed by atoms with E-state index < -0.39 is 23.8 Å². The number of carbonyl (C=O) groups excluding carboxylic acids is 1. The van der Waals surface area contributed by atoms with Crippen LogP contribution < -0.4 is 9.64 Å². The summed E-state index contributed by atoms with van der Waals surface area (Å²) in [5, 5.41) is 0.648. The van der Waals surface area contributed by atoms with Gasteiger partial charge >= 0.3 is 12.1 Å². The number of halogens is 5. The van der Waals surface area contributed by atoms with Crippen molar-refractivity contribution in [3.8, 4) is 5.75 Å². The molecule has 0 bridgehead atoms. The number of esters is 1. The number of ether oxygens (including phenoxy) is 2. The van der Waals surface area contributed by atoms with Gasteiger partial charge in [0.2, 0.25) is 0 Å². The minimum atomic E-state index is -4.39. The zero-order valence-corrected chi connectivity index (χ0v) is 25.9. The van der Waals surface area contributed by atoms with E-state index in [2.05, 4.69) is 9.80 Å². The summed E-state index contributed by atoms with van der Waals surface area (Å²) in [6.45, 7) is 7.28. The summed E-state index contributed by atoms with van der Waals surface area (Å²) in [5.41, 5.74) is 0.908. The summed E-state index contributed by atoms with van der Waals surface area (Å²) < 4.78 is 51.5. The number of para-hydroxylation sites is 2. The predicted molar refractivity (Wildman–Crippen MR) is 164 cm³/mol. The van der Waals surface area contributed by atoms with Gasteiger partial charge in [-0.2, -0.15) is 13.2 Å². The van der Waals surface area contributed by atoms with E-state index in [9.17, 15) is 18.0 Å². The highest BCUT2D eigenvalue weighted by molar-refractivity contribution is 7.99. The number of rotatable bonds is 10. The van der Waals surface area contributed by atoms with E-state index >= 15 is 0 Å². The van der Waals surface area contributed by atoms with Crippen LogP contribution in [0.3, 0.4) is 0 Å². The average molecular weight is 655 g/mol. The molecule has 0 radical (unpaired) electrons. The number of carbonyl (C=O) groups is 1. The molecule has 0 aliphatic carbocycles. The summed E-state index contributed by atoms with van der Waals surface area (Å²) in [7, 11) is 0. The predicted octanol–water partition coefficient (Wildman–Crippen LogP) is 7.63. The highest BCUT2D eigenvalue weighted by atomic mass is 35.5. The molecule has 12 heteroatoms. The third-order valence-corrected chi connectivity index (χ3v) is 9.20. The molecule has 3 aromatic carbocycles. The van der Waals surface area contributed by atoms with Gasteiger partial charge in [-0.1, -0.05) is 53.2 Å². The van der Waals surface area contributed by atoms with E-state index in [0.717, 1.165) is 60.7 Å². The van der Waals surface area contributed by atoms with E-state index in [1.807, 2.05) is 29.2 Å². The van der Waals surface area contributed by atoms with Gasteiger partial charge in [0.25, 0.3) is 0 Å². The molecule has 1 atom stereocenters. The van der Waals surface area contributed by atoms with Crippen molar-refractivity contribution in [2.24, 2.45) is 0 Å². The quantitative estimate of drug-likeness (QED) is 0.208. The highest BCUT2D eigenvalue weighted by Crippen LogP contribution is 2.49. The van der Waals surface area contributed by atoms with E-state index in [1.54, 1.807) is 31.2 Å². The van der Waals surface area contributed by atoms with Crippen molar-refractivity contribution in [3.05, 3.63) is 76.3 Å². The summed E-state index contributed by atoms with van der Waals surface area (Å²) in [5.74, 6) is -0.235. The van der Waals surface area contributed by atoms with Crippen molar-refractivity contribution in [2.75, 3.05) is 57.3 Å². The number of benzene rings is 3. The maximum atomic E-state index is 13.5. The van der Waals surface area contributed by atoms with Crippen LogP contribution >= 0.6 is 35.0 Å². The van der Waals surface area contributed by atoms with Crippen LogP contribution in [0.1, 0.15) is 18.9 Å². The Morgan fingerprint density at radius 2 is 1.53 bits per heavy atom. The molecule has 0 spiro atoms. The largest absolute Gasteiger partial charge is 0.476 e. The molecule has 1 saturated heterocycles. The zero-order valence-electron chi connectivity index (χ0n) is 23.6. The van der Waals surface area contributed by atoms with Crippen molar-refractivity contribution < 1.29 is 27.4 Å². The molecule has 0 aromatic heterocycles. The molecule has 230 valence electrons. The molecule has 6 nitrogen and oxygen atoms in total. The Balaban J connectivity index is 1.07. The molecule has 1 fully saturated rings. The van der Waals surface area contributed by atoms with Crippen LogP contribution in [0, 0.1) is 0 Å². The Morgan fingerprint density at radius 1 is 0.884 bits per heavy atom. The minimum Gasteiger partial charge on any atom is -0.476 e. The molecule has 0 saturated carbocycles. The van der Waals surface area contributed by atoms with Crippen LogP contribution in [0.15, 0.2) is 70.5 Å². The van der Waals surface area contributed by atoms with E-state index in [4.69, 9.17) is 32.7 Å². The second-order valence-corrected chi connectivity index (χ2v) is 12.3. The lowest BCUT2D eigenvalue weighted by Gasteiger charge is -2.36. The van der Waals surface area contributed by atoms with Gasteiger partial charge in [0, 0.05) is 49.1 Å². The van der Waals surface area contributed by atoms with Gasteiger partial charge in [0.15, 0.2) is 11.9 Å². The minimum absolute atomic E-state index is 0.245. The summed E-state index contributed by atoms with van der Waals surface area (Å²) >= 11 is 13.7.